The molecule has 0 spiro atoms. The Morgan fingerprint density at radius 3 is 2.73 bits per heavy atom. The van der Waals surface area contributed by atoms with Gasteiger partial charge in [0, 0.05) is 22.3 Å². The van der Waals surface area contributed by atoms with E-state index >= 15 is 0 Å². The van der Waals surface area contributed by atoms with Crippen molar-refractivity contribution in [1.82, 2.24) is 0 Å². The summed E-state index contributed by atoms with van der Waals surface area (Å²) in [4.78, 5) is 11.7. The number of para-hydroxylation sites is 1. The van der Waals surface area contributed by atoms with E-state index in [-0.39, 0.29) is 5.75 Å². The number of carbonyl (C=O) groups excluding carboxylic acids is 1. The van der Waals surface area contributed by atoms with Crippen LogP contribution in [0.2, 0.25) is 0 Å². The van der Waals surface area contributed by atoms with Crippen LogP contribution in [0.25, 0.3) is 5.57 Å². The number of carbonyl (C=O) groups is 1. The molecule has 3 rings (SSSR count). The van der Waals surface area contributed by atoms with Crippen LogP contribution in [0.1, 0.15) is 22.6 Å². The minimum atomic E-state index is -0.459. The molecule has 0 aliphatic carbocycles. The Morgan fingerprint density at radius 1 is 1.23 bits per heavy atom. The number of fused-ring (bicyclic) bond motifs is 1. The first kappa shape index (κ1) is 14.2. The minimum Gasteiger partial charge on any atom is -0.508 e. The smallest absolute Gasteiger partial charge is 0.137 e. The average Bonchev–Trinajstić information content (AvgIpc) is 2.57. The van der Waals surface area contributed by atoms with Gasteiger partial charge in [0.25, 0.3) is 0 Å². The van der Waals surface area contributed by atoms with Gasteiger partial charge < -0.3 is 19.4 Å². The largest absolute Gasteiger partial charge is 0.508 e. The minimum absolute atomic E-state index is 0.151. The van der Waals surface area contributed by atoms with Gasteiger partial charge in [0.05, 0.1) is 19.3 Å². The van der Waals surface area contributed by atoms with E-state index < -0.39 is 5.92 Å². The number of benzene rings is 2. The third kappa shape index (κ3) is 2.13. The Balaban J connectivity index is 2.14. The maximum atomic E-state index is 11.7. The molecule has 1 aliphatic rings. The fourth-order valence-electron chi connectivity index (χ4n) is 2.73. The lowest BCUT2D eigenvalue weighted by molar-refractivity contribution is -0.108. The zero-order valence-electron chi connectivity index (χ0n) is 12.4. The molecule has 1 unspecified atom stereocenters. The number of phenolic OH excluding ortho intramolecular Hbond substituents is 1. The number of hydrogen-bond donors (Lipinski definition) is 1. The first-order valence-electron chi connectivity index (χ1n) is 6.95. The molecular formula is C18H16O4. The third-order valence-electron chi connectivity index (χ3n) is 3.94. The summed E-state index contributed by atoms with van der Waals surface area (Å²) in [6.45, 7) is 1.76. The number of allylic oxidation sites excluding steroid dienone is 1. The van der Waals surface area contributed by atoms with Crippen LogP contribution in [0, 0.1) is 6.92 Å². The highest BCUT2D eigenvalue weighted by Gasteiger charge is 2.29. The molecule has 0 radical (unpaired) electrons. The summed E-state index contributed by atoms with van der Waals surface area (Å²) in [5, 5.41) is 9.79. The lowest BCUT2D eigenvalue weighted by atomic mass is 9.85. The van der Waals surface area contributed by atoms with Crippen LogP contribution in [0.5, 0.6) is 17.2 Å². The Bertz CT molecular complexity index is 762. The third-order valence-corrected chi connectivity index (χ3v) is 3.94. The van der Waals surface area contributed by atoms with E-state index in [1.54, 1.807) is 32.4 Å². The topological polar surface area (TPSA) is 55.8 Å². The average molecular weight is 296 g/mol. The molecule has 0 saturated heterocycles. The molecule has 2 aromatic rings. The Hall–Kier alpha value is -2.75. The molecule has 0 saturated carbocycles. The molecule has 0 bridgehead atoms. The van der Waals surface area contributed by atoms with Gasteiger partial charge in [0.1, 0.15) is 23.5 Å². The zero-order valence-corrected chi connectivity index (χ0v) is 12.4. The molecule has 112 valence electrons. The molecule has 1 aliphatic heterocycles. The molecule has 0 fully saturated rings. The second-order valence-electron chi connectivity index (χ2n) is 5.13. The van der Waals surface area contributed by atoms with Crippen LogP contribution >= 0.6 is 0 Å². The lowest BCUT2D eigenvalue weighted by Crippen LogP contribution is -2.12. The predicted octanol–water partition coefficient (Wildman–Crippen LogP) is 3.43. The van der Waals surface area contributed by atoms with Crippen molar-refractivity contribution in [2.75, 3.05) is 7.11 Å². The molecule has 0 aromatic heterocycles. The van der Waals surface area contributed by atoms with Gasteiger partial charge in [-0.05, 0) is 19.1 Å². The van der Waals surface area contributed by atoms with Crippen molar-refractivity contribution in [1.29, 1.82) is 0 Å². The summed E-state index contributed by atoms with van der Waals surface area (Å²) in [5.41, 5.74) is 2.93. The Morgan fingerprint density at radius 2 is 2.00 bits per heavy atom. The van der Waals surface area contributed by atoms with E-state index in [1.165, 1.54) is 0 Å². The van der Waals surface area contributed by atoms with Gasteiger partial charge in [-0.15, -0.1) is 0 Å². The van der Waals surface area contributed by atoms with Crippen LogP contribution in [-0.4, -0.2) is 18.5 Å². The molecule has 1 N–H and O–H groups in total. The number of rotatable bonds is 3. The maximum absolute atomic E-state index is 11.7. The summed E-state index contributed by atoms with van der Waals surface area (Å²) in [5.74, 6) is 0.913. The SMILES string of the molecule is COc1ccccc1C1=COc2c(ccc(O)c2C)C1C=O. The van der Waals surface area contributed by atoms with Gasteiger partial charge in [-0.3, -0.25) is 0 Å². The quantitative estimate of drug-likeness (QED) is 0.882. The summed E-state index contributed by atoms with van der Waals surface area (Å²) in [7, 11) is 1.59. The van der Waals surface area contributed by atoms with Gasteiger partial charge in [0.15, 0.2) is 0 Å². The van der Waals surface area contributed by atoms with Gasteiger partial charge in [-0.25, -0.2) is 0 Å². The predicted molar refractivity (Wildman–Crippen MR) is 83.2 cm³/mol. The molecule has 0 amide bonds. The van der Waals surface area contributed by atoms with Crippen molar-refractivity contribution in [3.8, 4) is 17.2 Å². The summed E-state index contributed by atoms with van der Waals surface area (Å²) in [6, 6.07) is 10.8. The second kappa shape index (κ2) is 5.56. The Kier molecular flexibility index (Phi) is 3.59. The first-order valence-corrected chi connectivity index (χ1v) is 6.95. The molecule has 4 heteroatoms. The zero-order chi connectivity index (χ0) is 15.7. The second-order valence-corrected chi connectivity index (χ2v) is 5.13. The van der Waals surface area contributed by atoms with E-state index in [0.29, 0.717) is 17.1 Å². The van der Waals surface area contributed by atoms with E-state index in [1.807, 2.05) is 24.3 Å². The normalized spacial score (nSPS) is 16.3. The van der Waals surface area contributed by atoms with Crippen molar-refractivity contribution < 1.29 is 19.4 Å². The summed E-state index contributed by atoms with van der Waals surface area (Å²) in [6.07, 6.45) is 2.45. The van der Waals surface area contributed by atoms with Crippen molar-refractivity contribution in [2.24, 2.45) is 0 Å². The monoisotopic (exact) mass is 296 g/mol. The number of aldehydes is 1. The number of phenols is 1. The molecule has 1 atom stereocenters. The fourth-order valence-corrected chi connectivity index (χ4v) is 2.73. The van der Waals surface area contributed by atoms with Crippen molar-refractivity contribution in [3.05, 3.63) is 59.4 Å². The van der Waals surface area contributed by atoms with E-state index in [9.17, 15) is 9.90 Å². The summed E-state index contributed by atoms with van der Waals surface area (Å²) >= 11 is 0. The number of methoxy groups -OCH3 is 1. The van der Waals surface area contributed by atoms with Gasteiger partial charge >= 0.3 is 0 Å². The van der Waals surface area contributed by atoms with E-state index in [4.69, 9.17) is 9.47 Å². The highest BCUT2D eigenvalue weighted by molar-refractivity contribution is 5.90. The molecule has 2 aromatic carbocycles. The highest BCUT2D eigenvalue weighted by atomic mass is 16.5. The number of hydrogen-bond acceptors (Lipinski definition) is 4. The lowest BCUT2D eigenvalue weighted by Gasteiger charge is -2.25. The standard InChI is InChI=1S/C18H16O4/c1-11-16(20)8-7-13-14(9-19)15(10-22-18(11)13)12-5-3-4-6-17(12)21-2/h3-10,14,20H,1-2H3. The van der Waals surface area contributed by atoms with Gasteiger partial charge in [-0.1, -0.05) is 24.3 Å². The fraction of sp³-hybridized carbons (Fsp3) is 0.167. The van der Waals surface area contributed by atoms with Crippen LogP contribution in [0.15, 0.2) is 42.7 Å². The van der Waals surface area contributed by atoms with Crippen LogP contribution in [0.4, 0.5) is 0 Å². The van der Waals surface area contributed by atoms with Crippen molar-refractivity contribution in [2.45, 2.75) is 12.8 Å². The van der Waals surface area contributed by atoms with Crippen molar-refractivity contribution in [3.63, 3.8) is 0 Å². The molecule has 22 heavy (non-hydrogen) atoms. The summed E-state index contributed by atoms with van der Waals surface area (Å²) < 4.78 is 11.1. The first-order chi connectivity index (χ1) is 10.7. The number of aromatic hydroxyl groups is 1. The highest BCUT2D eigenvalue weighted by Crippen LogP contribution is 2.45. The van der Waals surface area contributed by atoms with Gasteiger partial charge in [0.2, 0.25) is 0 Å². The van der Waals surface area contributed by atoms with E-state index in [0.717, 1.165) is 23.0 Å². The van der Waals surface area contributed by atoms with Crippen LogP contribution < -0.4 is 9.47 Å². The maximum Gasteiger partial charge on any atom is 0.137 e. The van der Waals surface area contributed by atoms with Crippen molar-refractivity contribution >= 4 is 11.9 Å². The Labute approximate surface area is 128 Å². The van der Waals surface area contributed by atoms with Gasteiger partial charge in [-0.2, -0.15) is 0 Å². The molecular weight excluding hydrogens is 280 g/mol. The number of ether oxygens (including phenoxy) is 2. The molecule has 1 heterocycles. The van der Waals surface area contributed by atoms with Crippen LogP contribution in [-0.2, 0) is 4.79 Å². The molecule has 4 nitrogen and oxygen atoms in total. The van der Waals surface area contributed by atoms with Crippen LogP contribution in [0.3, 0.4) is 0 Å². The van der Waals surface area contributed by atoms with E-state index in [2.05, 4.69) is 0 Å².